The Bertz CT molecular complexity index is 449. The van der Waals surface area contributed by atoms with Crippen molar-refractivity contribution in [3.05, 3.63) is 23.0 Å². The van der Waals surface area contributed by atoms with Gasteiger partial charge in [-0.15, -0.1) is 0 Å². The van der Waals surface area contributed by atoms with E-state index in [1.165, 1.54) is 6.07 Å². The van der Waals surface area contributed by atoms with E-state index in [2.05, 4.69) is 4.98 Å². The summed E-state index contributed by atoms with van der Waals surface area (Å²) in [6, 6.07) is 1.27. The topological polar surface area (TPSA) is 56.9 Å². The van der Waals surface area contributed by atoms with Crippen LogP contribution in [0, 0.1) is 11.3 Å². The molecule has 0 saturated heterocycles. The maximum atomic E-state index is 12.3. The first-order chi connectivity index (χ1) is 7.27. The predicted molar refractivity (Wildman–Crippen MR) is 40.6 cm³/mol. The normalized spacial score (nSPS) is 11.6. The number of nitriles is 1. The molecule has 0 amide bonds. The predicted octanol–water partition coefficient (Wildman–Crippen LogP) is 2.62. The first-order valence-corrected chi connectivity index (χ1v) is 3.76. The van der Waals surface area contributed by atoms with Crippen molar-refractivity contribution < 1.29 is 27.1 Å². The molecule has 0 radical (unpaired) electrons. The molecule has 0 unspecified atom stereocenters. The van der Waals surface area contributed by atoms with Gasteiger partial charge in [0.25, 0.3) is 6.43 Å². The van der Waals surface area contributed by atoms with Gasteiger partial charge in [0.05, 0.1) is 5.56 Å². The molecule has 8 heteroatoms. The molecule has 0 bridgehead atoms. The van der Waals surface area contributed by atoms with Crippen molar-refractivity contribution in [1.82, 2.24) is 4.98 Å². The van der Waals surface area contributed by atoms with E-state index in [0.717, 1.165) is 0 Å². The van der Waals surface area contributed by atoms with Crippen molar-refractivity contribution in [1.29, 1.82) is 5.26 Å². The second-order valence-electron chi connectivity index (χ2n) is 2.70. The molecule has 1 aromatic rings. The number of aromatic hydroxyl groups is 1. The van der Waals surface area contributed by atoms with E-state index in [4.69, 9.17) is 10.4 Å². The largest absolute Gasteiger partial charge is 0.505 e. The van der Waals surface area contributed by atoms with Gasteiger partial charge >= 0.3 is 6.18 Å². The van der Waals surface area contributed by atoms with Crippen molar-refractivity contribution in [2.75, 3.05) is 0 Å². The summed E-state index contributed by atoms with van der Waals surface area (Å²) in [4.78, 5) is 2.78. The molecule has 86 valence electrons. The molecule has 0 fully saturated rings. The molecule has 1 aromatic heterocycles. The summed E-state index contributed by atoms with van der Waals surface area (Å²) in [7, 11) is 0. The van der Waals surface area contributed by atoms with Crippen LogP contribution in [-0.2, 0) is 6.18 Å². The maximum absolute atomic E-state index is 12.3. The number of pyridine rings is 1. The Balaban J connectivity index is 3.50. The number of rotatable bonds is 1. The molecule has 0 saturated carbocycles. The Morgan fingerprint density at radius 1 is 1.38 bits per heavy atom. The standard InChI is InChI=1S/C8H3F5N2O/c9-7(10)6-3(8(11,12)13)1-5(16)4(2-14)15-6/h1,7,16H. The van der Waals surface area contributed by atoms with Crippen LogP contribution in [0.25, 0.3) is 0 Å². The lowest BCUT2D eigenvalue weighted by molar-refractivity contribution is -0.140. The third-order valence-corrected chi connectivity index (χ3v) is 1.65. The van der Waals surface area contributed by atoms with Crippen molar-refractivity contribution in [2.24, 2.45) is 0 Å². The highest BCUT2D eigenvalue weighted by atomic mass is 19.4. The number of alkyl halides is 5. The monoisotopic (exact) mass is 238 g/mol. The molecule has 0 aliphatic heterocycles. The van der Waals surface area contributed by atoms with E-state index < -0.39 is 35.3 Å². The highest BCUT2D eigenvalue weighted by molar-refractivity contribution is 5.42. The minimum atomic E-state index is -5.07. The Morgan fingerprint density at radius 2 is 1.94 bits per heavy atom. The summed E-state index contributed by atoms with van der Waals surface area (Å²) in [5.74, 6) is -1.08. The van der Waals surface area contributed by atoms with E-state index >= 15 is 0 Å². The third kappa shape index (κ3) is 2.18. The molecule has 16 heavy (non-hydrogen) atoms. The summed E-state index contributed by atoms with van der Waals surface area (Å²) >= 11 is 0. The van der Waals surface area contributed by atoms with Crippen LogP contribution in [-0.4, -0.2) is 10.1 Å². The minimum absolute atomic E-state index is 0.0625. The minimum Gasteiger partial charge on any atom is -0.505 e. The van der Waals surface area contributed by atoms with Crippen LogP contribution < -0.4 is 0 Å². The summed E-state index contributed by atoms with van der Waals surface area (Å²) in [6.07, 6.45) is -8.55. The van der Waals surface area contributed by atoms with Crippen LogP contribution in [0.15, 0.2) is 6.07 Å². The van der Waals surface area contributed by atoms with Gasteiger partial charge in [-0.25, -0.2) is 13.8 Å². The van der Waals surface area contributed by atoms with Crippen LogP contribution in [0.5, 0.6) is 5.75 Å². The molecule has 1 heterocycles. The van der Waals surface area contributed by atoms with Gasteiger partial charge in [0, 0.05) is 0 Å². The summed E-state index contributed by atoms with van der Waals surface area (Å²) in [6.45, 7) is 0. The van der Waals surface area contributed by atoms with E-state index in [1.807, 2.05) is 0 Å². The number of hydrogen-bond donors (Lipinski definition) is 1. The fraction of sp³-hybridized carbons (Fsp3) is 0.250. The first kappa shape index (κ1) is 12.2. The van der Waals surface area contributed by atoms with Crippen LogP contribution in [0.2, 0.25) is 0 Å². The molecule has 0 aromatic carbocycles. The molecule has 3 nitrogen and oxygen atoms in total. The SMILES string of the molecule is N#Cc1nc(C(F)F)c(C(F)(F)F)cc1O. The molecule has 1 rings (SSSR count). The lowest BCUT2D eigenvalue weighted by Crippen LogP contribution is -2.12. The van der Waals surface area contributed by atoms with Crippen molar-refractivity contribution in [3.63, 3.8) is 0 Å². The lowest BCUT2D eigenvalue weighted by atomic mass is 10.1. The summed E-state index contributed by atoms with van der Waals surface area (Å²) in [5, 5.41) is 17.3. The fourth-order valence-electron chi connectivity index (χ4n) is 0.993. The summed E-state index contributed by atoms with van der Waals surface area (Å²) < 4.78 is 61.3. The zero-order valence-electron chi connectivity index (χ0n) is 7.39. The second kappa shape index (κ2) is 3.92. The lowest BCUT2D eigenvalue weighted by Gasteiger charge is -2.12. The Morgan fingerprint density at radius 3 is 2.31 bits per heavy atom. The molecular weight excluding hydrogens is 235 g/mol. The Kier molecular flexibility index (Phi) is 2.98. The van der Waals surface area contributed by atoms with Gasteiger partial charge in [0.15, 0.2) is 11.4 Å². The van der Waals surface area contributed by atoms with Gasteiger partial charge in [0.2, 0.25) is 0 Å². The van der Waals surface area contributed by atoms with E-state index in [9.17, 15) is 22.0 Å². The number of halogens is 5. The van der Waals surface area contributed by atoms with Crippen LogP contribution in [0.1, 0.15) is 23.4 Å². The van der Waals surface area contributed by atoms with Crippen molar-refractivity contribution >= 4 is 0 Å². The zero-order chi connectivity index (χ0) is 12.5. The molecule has 0 spiro atoms. The number of nitrogens with zero attached hydrogens (tertiary/aromatic N) is 2. The fourth-order valence-corrected chi connectivity index (χ4v) is 0.993. The molecule has 0 aliphatic carbocycles. The van der Waals surface area contributed by atoms with Gasteiger partial charge in [-0.2, -0.15) is 18.4 Å². The third-order valence-electron chi connectivity index (χ3n) is 1.65. The van der Waals surface area contributed by atoms with Gasteiger partial charge in [-0.1, -0.05) is 0 Å². The average Bonchev–Trinajstić information content (AvgIpc) is 2.15. The van der Waals surface area contributed by atoms with E-state index in [0.29, 0.717) is 0 Å². The van der Waals surface area contributed by atoms with E-state index in [-0.39, 0.29) is 6.07 Å². The van der Waals surface area contributed by atoms with Crippen LogP contribution in [0.4, 0.5) is 22.0 Å². The molecule has 0 atom stereocenters. The van der Waals surface area contributed by atoms with Gasteiger partial charge < -0.3 is 5.11 Å². The smallest absolute Gasteiger partial charge is 0.418 e. The van der Waals surface area contributed by atoms with Crippen molar-refractivity contribution in [2.45, 2.75) is 12.6 Å². The highest BCUT2D eigenvalue weighted by Gasteiger charge is 2.38. The quantitative estimate of drug-likeness (QED) is 0.765. The van der Waals surface area contributed by atoms with E-state index in [1.54, 1.807) is 0 Å². The Labute approximate surface area is 85.8 Å². The maximum Gasteiger partial charge on any atom is 0.418 e. The molecular formula is C8H3F5N2O. The van der Waals surface area contributed by atoms with Crippen molar-refractivity contribution in [3.8, 4) is 11.8 Å². The van der Waals surface area contributed by atoms with Gasteiger partial charge in [-0.05, 0) is 6.07 Å². The highest BCUT2D eigenvalue weighted by Crippen LogP contribution is 2.37. The molecule has 1 N–H and O–H groups in total. The average molecular weight is 238 g/mol. The van der Waals surface area contributed by atoms with Gasteiger partial charge in [-0.3, -0.25) is 0 Å². The number of hydrogen-bond acceptors (Lipinski definition) is 3. The Hall–Kier alpha value is -1.91. The van der Waals surface area contributed by atoms with Crippen LogP contribution in [0.3, 0.4) is 0 Å². The number of aromatic nitrogens is 1. The second-order valence-corrected chi connectivity index (χ2v) is 2.70. The van der Waals surface area contributed by atoms with Gasteiger partial charge in [0.1, 0.15) is 11.8 Å². The van der Waals surface area contributed by atoms with Crippen LogP contribution >= 0.6 is 0 Å². The first-order valence-electron chi connectivity index (χ1n) is 3.76. The summed E-state index contributed by atoms with van der Waals surface area (Å²) in [5.41, 5.74) is -4.19. The molecule has 0 aliphatic rings. The zero-order valence-corrected chi connectivity index (χ0v) is 7.39.